The van der Waals surface area contributed by atoms with E-state index in [1.165, 1.54) is 9.47 Å². The van der Waals surface area contributed by atoms with E-state index in [4.69, 9.17) is 15.2 Å². The van der Waals surface area contributed by atoms with Gasteiger partial charge in [-0.25, -0.2) is 14.2 Å². The standard InChI is InChI=1S/C25H24F4N4O5/c1-2-36-14-20(15-6-4-3-5-7-15)33-22(34)17-10-11-32(13-19(17)31-23(33)30)24(35)37-21-9-8-16(12-18(21)26)38-25(27,28)29/h3-9,12,20H,2,10-11,13-14H2,1H3,(H2,30,31). The van der Waals surface area contributed by atoms with Crippen molar-refractivity contribution < 1.29 is 36.6 Å². The van der Waals surface area contributed by atoms with Gasteiger partial charge in [-0.3, -0.25) is 9.36 Å². The Morgan fingerprint density at radius 1 is 1.18 bits per heavy atom. The molecule has 202 valence electrons. The van der Waals surface area contributed by atoms with Gasteiger partial charge in [-0.05, 0) is 31.0 Å². The molecule has 0 fully saturated rings. The molecule has 0 saturated carbocycles. The second-order valence-electron chi connectivity index (χ2n) is 8.34. The number of carbonyl (C=O) groups is 1. The minimum absolute atomic E-state index is 0.0605. The molecule has 0 spiro atoms. The lowest BCUT2D eigenvalue weighted by molar-refractivity contribution is -0.274. The maximum Gasteiger partial charge on any atom is 0.573 e. The molecule has 1 atom stereocenters. The zero-order valence-electron chi connectivity index (χ0n) is 20.2. The normalized spacial score (nSPS) is 14.1. The highest BCUT2D eigenvalue weighted by Gasteiger charge is 2.32. The summed E-state index contributed by atoms with van der Waals surface area (Å²) in [5.74, 6) is -2.66. The number of amides is 1. The van der Waals surface area contributed by atoms with E-state index in [0.29, 0.717) is 18.2 Å². The molecule has 13 heteroatoms. The van der Waals surface area contributed by atoms with Gasteiger partial charge in [-0.15, -0.1) is 13.2 Å². The Balaban J connectivity index is 1.54. The van der Waals surface area contributed by atoms with E-state index < -0.39 is 35.8 Å². The fourth-order valence-corrected chi connectivity index (χ4v) is 4.12. The van der Waals surface area contributed by atoms with Crippen LogP contribution in [0.15, 0.2) is 53.3 Å². The lowest BCUT2D eigenvalue weighted by Crippen LogP contribution is -2.43. The number of rotatable bonds is 7. The van der Waals surface area contributed by atoms with E-state index in [1.807, 2.05) is 37.3 Å². The first-order valence-corrected chi connectivity index (χ1v) is 11.6. The molecule has 1 aliphatic rings. The number of hydrogen-bond donors (Lipinski definition) is 1. The number of benzene rings is 2. The van der Waals surface area contributed by atoms with Gasteiger partial charge >= 0.3 is 12.5 Å². The fraction of sp³-hybridized carbons (Fsp3) is 0.320. The third-order valence-corrected chi connectivity index (χ3v) is 5.86. The average molecular weight is 536 g/mol. The summed E-state index contributed by atoms with van der Waals surface area (Å²) in [7, 11) is 0. The maximum atomic E-state index is 14.2. The largest absolute Gasteiger partial charge is 0.573 e. The first-order valence-electron chi connectivity index (χ1n) is 11.6. The molecule has 0 bridgehead atoms. The lowest BCUT2D eigenvalue weighted by atomic mass is 10.0. The van der Waals surface area contributed by atoms with Crippen molar-refractivity contribution in [2.75, 3.05) is 25.5 Å². The molecule has 1 aromatic heterocycles. The monoisotopic (exact) mass is 536 g/mol. The van der Waals surface area contributed by atoms with Crippen LogP contribution < -0.4 is 20.8 Å². The third-order valence-electron chi connectivity index (χ3n) is 5.86. The number of nitrogen functional groups attached to an aromatic ring is 1. The summed E-state index contributed by atoms with van der Waals surface area (Å²) in [5, 5.41) is 0. The number of anilines is 1. The van der Waals surface area contributed by atoms with Gasteiger partial charge in [-0.2, -0.15) is 0 Å². The molecule has 0 aliphatic carbocycles. The highest BCUT2D eigenvalue weighted by molar-refractivity contribution is 5.71. The predicted octanol–water partition coefficient (Wildman–Crippen LogP) is 4.05. The van der Waals surface area contributed by atoms with Gasteiger partial charge in [0.15, 0.2) is 11.6 Å². The van der Waals surface area contributed by atoms with E-state index >= 15 is 0 Å². The van der Waals surface area contributed by atoms with Crippen LogP contribution in [0.2, 0.25) is 0 Å². The van der Waals surface area contributed by atoms with Crippen LogP contribution in [0.4, 0.5) is 28.3 Å². The number of fused-ring (bicyclic) bond motifs is 1. The fourth-order valence-electron chi connectivity index (χ4n) is 4.12. The van der Waals surface area contributed by atoms with Gasteiger partial charge in [-0.1, -0.05) is 30.3 Å². The number of ether oxygens (including phenoxy) is 3. The summed E-state index contributed by atoms with van der Waals surface area (Å²) in [4.78, 5) is 31.7. The zero-order chi connectivity index (χ0) is 27.4. The number of nitrogens with zero attached hydrogens (tertiary/aromatic N) is 3. The summed E-state index contributed by atoms with van der Waals surface area (Å²) in [6.45, 7) is 2.40. The Morgan fingerprint density at radius 3 is 2.58 bits per heavy atom. The van der Waals surface area contributed by atoms with E-state index in [2.05, 4.69) is 9.72 Å². The van der Waals surface area contributed by atoms with Crippen LogP contribution in [-0.2, 0) is 17.7 Å². The third kappa shape index (κ3) is 6.05. The Hall–Kier alpha value is -4.13. The van der Waals surface area contributed by atoms with Gasteiger partial charge in [0.05, 0.1) is 24.9 Å². The zero-order valence-corrected chi connectivity index (χ0v) is 20.2. The molecular weight excluding hydrogens is 512 g/mol. The van der Waals surface area contributed by atoms with Crippen LogP contribution in [0.3, 0.4) is 0 Å². The minimum Gasteiger partial charge on any atom is -0.407 e. The van der Waals surface area contributed by atoms with Crippen molar-refractivity contribution in [2.24, 2.45) is 0 Å². The maximum absolute atomic E-state index is 14.2. The summed E-state index contributed by atoms with van der Waals surface area (Å²) in [5.41, 5.74) is 7.29. The number of alkyl halides is 3. The van der Waals surface area contributed by atoms with E-state index in [9.17, 15) is 27.2 Å². The Labute approximate surface area is 214 Å². The predicted molar refractivity (Wildman–Crippen MR) is 127 cm³/mol. The molecule has 1 aliphatic heterocycles. The molecule has 2 N–H and O–H groups in total. The van der Waals surface area contributed by atoms with Crippen molar-refractivity contribution >= 4 is 12.0 Å². The first kappa shape index (κ1) is 26.9. The van der Waals surface area contributed by atoms with Gasteiger partial charge in [0, 0.05) is 24.8 Å². The minimum atomic E-state index is -5.00. The van der Waals surface area contributed by atoms with E-state index in [-0.39, 0.29) is 43.3 Å². The summed E-state index contributed by atoms with van der Waals surface area (Å²) < 4.78 is 66.9. The number of aromatic nitrogens is 2. The smallest absolute Gasteiger partial charge is 0.407 e. The SMILES string of the molecule is CCOCC(c1ccccc1)n1c(N)nc2c(c1=O)CCN(C(=O)Oc1ccc(OC(F)(F)F)cc1F)C2. The van der Waals surface area contributed by atoms with Crippen molar-refractivity contribution in [1.29, 1.82) is 0 Å². The summed E-state index contributed by atoms with van der Waals surface area (Å²) in [6, 6.07) is 10.8. The molecule has 0 radical (unpaired) electrons. The Kier molecular flexibility index (Phi) is 7.86. The van der Waals surface area contributed by atoms with E-state index in [0.717, 1.165) is 17.7 Å². The molecule has 1 unspecified atom stereocenters. The molecule has 3 aromatic rings. The summed E-state index contributed by atoms with van der Waals surface area (Å²) in [6.07, 6.45) is -5.83. The topological polar surface area (TPSA) is 109 Å². The average Bonchev–Trinajstić information content (AvgIpc) is 2.86. The highest BCUT2D eigenvalue weighted by Crippen LogP contribution is 2.28. The van der Waals surface area contributed by atoms with Crippen LogP contribution >= 0.6 is 0 Å². The molecule has 9 nitrogen and oxygen atoms in total. The quantitative estimate of drug-likeness (QED) is 0.454. The molecule has 1 amide bonds. The van der Waals surface area contributed by atoms with E-state index in [1.54, 1.807) is 0 Å². The molecule has 0 saturated heterocycles. The van der Waals surface area contributed by atoms with Crippen LogP contribution in [0, 0.1) is 5.82 Å². The molecular formula is C25H24F4N4O5. The van der Waals surface area contributed by atoms with Gasteiger partial charge in [0.1, 0.15) is 5.75 Å². The number of carbonyl (C=O) groups excluding carboxylic acids is 1. The van der Waals surface area contributed by atoms with Crippen LogP contribution in [-0.4, -0.2) is 46.7 Å². The number of nitrogens with two attached hydrogens (primary N) is 1. The lowest BCUT2D eigenvalue weighted by Gasteiger charge is -2.29. The van der Waals surface area contributed by atoms with Crippen molar-refractivity contribution in [3.63, 3.8) is 0 Å². The second kappa shape index (κ2) is 11.1. The van der Waals surface area contributed by atoms with Gasteiger partial charge in [0.25, 0.3) is 5.56 Å². The molecule has 38 heavy (non-hydrogen) atoms. The van der Waals surface area contributed by atoms with Crippen LogP contribution in [0.1, 0.15) is 29.8 Å². The molecule has 4 rings (SSSR count). The van der Waals surface area contributed by atoms with Gasteiger partial charge in [0.2, 0.25) is 5.95 Å². The Bertz CT molecular complexity index is 1360. The molecule has 2 aromatic carbocycles. The van der Waals surface area contributed by atoms with Crippen molar-refractivity contribution in [1.82, 2.24) is 14.5 Å². The first-order chi connectivity index (χ1) is 18.1. The van der Waals surface area contributed by atoms with Crippen LogP contribution in [0.25, 0.3) is 0 Å². The van der Waals surface area contributed by atoms with Crippen molar-refractivity contribution in [3.05, 3.63) is 81.5 Å². The van der Waals surface area contributed by atoms with Crippen molar-refractivity contribution in [2.45, 2.75) is 32.3 Å². The molecule has 2 heterocycles. The summed E-state index contributed by atoms with van der Waals surface area (Å²) >= 11 is 0. The van der Waals surface area contributed by atoms with Gasteiger partial charge < -0.3 is 24.8 Å². The number of hydrogen-bond acceptors (Lipinski definition) is 7. The highest BCUT2D eigenvalue weighted by atomic mass is 19.4. The van der Waals surface area contributed by atoms with Crippen molar-refractivity contribution in [3.8, 4) is 11.5 Å². The number of halogens is 4. The Morgan fingerprint density at radius 2 is 1.92 bits per heavy atom. The second-order valence-corrected chi connectivity index (χ2v) is 8.34. The van der Waals surface area contributed by atoms with Crippen LogP contribution in [0.5, 0.6) is 11.5 Å².